The van der Waals surface area contributed by atoms with E-state index < -0.39 is 10.0 Å². The third-order valence-corrected chi connectivity index (χ3v) is 3.19. The summed E-state index contributed by atoms with van der Waals surface area (Å²) in [6.45, 7) is 3.00. The molecule has 112 valence electrons. The first-order chi connectivity index (χ1) is 9.33. The zero-order valence-electron chi connectivity index (χ0n) is 11.6. The number of anilines is 2. The van der Waals surface area contributed by atoms with Gasteiger partial charge in [0, 0.05) is 25.2 Å². The molecule has 0 bridgehead atoms. The number of sulfonamides is 1. The summed E-state index contributed by atoms with van der Waals surface area (Å²) in [5, 5.41) is 5.69. The number of rotatable bonds is 7. The van der Waals surface area contributed by atoms with Gasteiger partial charge in [-0.15, -0.1) is 0 Å². The van der Waals surface area contributed by atoms with E-state index in [0.29, 0.717) is 30.0 Å². The van der Waals surface area contributed by atoms with Crippen molar-refractivity contribution in [1.82, 2.24) is 10.0 Å². The Labute approximate surface area is 119 Å². The van der Waals surface area contributed by atoms with Crippen LogP contribution in [-0.4, -0.2) is 40.2 Å². The van der Waals surface area contributed by atoms with Gasteiger partial charge in [0.2, 0.25) is 10.0 Å². The molecule has 8 heteroatoms. The Kier molecular flexibility index (Phi) is 5.78. The second-order valence-electron chi connectivity index (χ2n) is 4.25. The number of hydrogen-bond donors (Lipinski definition) is 4. The summed E-state index contributed by atoms with van der Waals surface area (Å²) >= 11 is 0. The second-order valence-corrected chi connectivity index (χ2v) is 6.09. The molecule has 7 nitrogen and oxygen atoms in total. The summed E-state index contributed by atoms with van der Waals surface area (Å²) in [6.07, 6.45) is 1.09. The van der Waals surface area contributed by atoms with Crippen LogP contribution >= 0.6 is 0 Å². The van der Waals surface area contributed by atoms with Crippen LogP contribution in [0.15, 0.2) is 18.2 Å². The number of nitrogen functional groups attached to an aromatic ring is 1. The van der Waals surface area contributed by atoms with Gasteiger partial charge in [0.15, 0.2) is 0 Å². The lowest BCUT2D eigenvalue weighted by Crippen LogP contribution is -2.28. The van der Waals surface area contributed by atoms with E-state index in [1.807, 2.05) is 6.92 Å². The number of nitrogens with one attached hydrogen (secondary N) is 3. The first-order valence-electron chi connectivity index (χ1n) is 6.19. The molecule has 0 atom stereocenters. The summed E-state index contributed by atoms with van der Waals surface area (Å²) in [5.74, 6) is -0.176. The van der Waals surface area contributed by atoms with E-state index in [1.165, 1.54) is 0 Å². The third-order valence-electron chi connectivity index (χ3n) is 2.46. The maximum absolute atomic E-state index is 11.7. The first kappa shape index (κ1) is 16.3. The number of benzene rings is 1. The Hall–Kier alpha value is -1.80. The van der Waals surface area contributed by atoms with Crippen molar-refractivity contribution in [2.24, 2.45) is 0 Å². The molecule has 0 unspecified atom stereocenters. The average Bonchev–Trinajstić information content (AvgIpc) is 2.35. The molecule has 0 saturated carbocycles. The summed E-state index contributed by atoms with van der Waals surface area (Å²) in [5.41, 5.74) is 7.40. The summed E-state index contributed by atoms with van der Waals surface area (Å²) < 4.78 is 24.2. The minimum atomic E-state index is -3.20. The van der Waals surface area contributed by atoms with E-state index in [2.05, 4.69) is 15.4 Å². The lowest BCUT2D eigenvalue weighted by Gasteiger charge is -2.11. The maximum atomic E-state index is 11.7. The van der Waals surface area contributed by atoms with Crippen molar-refractivity contribution in [3.8, 4) is 0 Å². The van der Waals surface area contributed by atoms with Gasteiger partial charge in [0.25, 0.3) is 5.91 Å². The fourth-order valence-corrected chi connectivity index (χ4v) is 2.02. The highest BCUT2D eigenvalue weighted by Crippen LogP contribution is 2.19. The van der Waals surface area contributed by atoms with Crippen LogP contribution in [0.3, 0.4) is 0 Å². The van der Waals surface area contributed by atoms with Crippen molar-refractivity contribution in [2.45, 2.75) is 6.92 Å². The van der Waals surface area contributed by atoms with Crippen LogP contribution in [-0.2, 0) is 10.0 Å². The highest BCUT2D eigenvalue weighted by atomic mass is 32.2. The molecule has 0 aliphatic carbocycles. The van der Waals surface area contributed by atoms with Gasteiger partial charge in [0.1, 0.15) is 0 Å². The molecule has 1 amide bonds. The van der Waals surface area contributed by atoms with Gasteiger partial charge < -0.3 is 16.4 Å². The zero-order chi connectivity index (χ0) is 15.2. The van der Waals surface area contributed by atoms with Gasteiger partial charge in [-0.2, -0.15) is 0 Å². The predicted molar refractivity (Wildman–Crippen MR) is 80.2 cm³/mol. The molecular weight excluding hydrogens is 280 g/mol. The largest absolute Gasteiger partial charge is 0.397 e. The Morgan fingerprint density at radius 3 is 2.60 bits per heavy atom. The van der Waals surface area contributed by atoms with E-state index in [0.717, 1.165) is 6.26 Å². The molecule has 0 heterocycles. The third kappa shape index (κ3) is 5.45. The average molecular weight is 300 g/mol. The van der Waals surface area contributed by atoms with Crippen molar-refractivity contribution in [3.05, 3.63) is 23.8 Å². The quantitative estimate of drug-likeness (QED) is 0.417. The van der Waals surface area contributed by atoms with E-state index in [9.17, 15) is 13.2 Å². The smallest absolute Gasteiger partial charge is 0.251 e. The van der Waals surface area contributed by atoms with Crippen molar-refractivity contribution in [3.63, 3.8) is 0 Å². The minimum Gasteiger partial charge on any atom is -0.397 e. The molecule has 1 aromatic rings. The summed E-state index contributed by atoms with van der Waals surface area (Å²) in [7, 11) is -3.20. The molecule has 1 rings (SSSR count). The topological polar surface area (TPSA) is 113 Å². The Morgan fingerprint density at radius 2 is 2.00 bits per heavy atom. The van der Waals surface area contributed by atoms with Gasteiger partial charge in [-0.3, -0.25) is 4.79 Å². The number of carbonyl (C=O) groups is 1. The number of hydrogen-bond acceptors (Lipinski definition) is 5. The van der Waals surface area contributed by atoms with Crippen LogP contribution in [0.1, 0.15) is 17.3 Å². The maximum Gasteiger partial charge on any atom is 0.251 e. The molecule has 0 aromatic heterocycles. The minimum absolute atomic E-state index is 0.176. The molecule has 0 saturated heterocycles. The van der Waals surface area contributed by atoms with Crippen LogP contribution in [0.25, 0.3) is 0 Å². The molecule has 0 radical (unpaired) electrons. The van der Waals surface area contributed by atoms with Gasteiger partial charge in [-0.25, -0.2) is 13.1 Å². The van der Waals surface area contributed by atoms with E-state index in [-0.39, 0.29) is 12.5 Å². The first-order valence-corrected chi connectivity index (χ1v) is 8.09. The fourth-order valence-electron chi connectivity index (χ4n) is 1.55. The number of nitrogens with two attached hydrogens (primary N) is 1. The van der Waals surface area contributed by atoms with Gasteiger partial charge in [0.05, 0.1) is 17.6 Å². The van der Waals surface area contributed by atoms with Crippen LogP contribution in [0.5, 0.6) is 0 Å². The van der Waals surface area contributed by atoms with Gasteiger partial charge >= 0.3 is 0 Å². The lowest BCUT2D eigenvalue weighted by atomic mass is 10.1. The Morgan fingerprint density at radius 1 is 1.30 bits per heavy atom. The van der Waals surface area contributed by atoms with Crippen LogP contribution in [0.2, 0.25) is 0 Å². The van der Waals surface area contributed by atoms with E-state index >= 15 is 0 Å². The van der Waals surface area contributed by atoms with Crippen LogP contribution in [0, 0.1) is 0 Å². The monoisotopic (exact) mass is 300 g/mol. The normalized spacial score (nSPS) is 11.1. The molecular formula is C12H20N4O3S. The van der Waals surface area contributed by atoms with Crippen LogP contribution < -0.4 is 21.1 Å². The van der Waals surface area contributed by atoms with Crippen LogP contribution in [0.4, 0.5) is 11.4 Å². The van der Waals surface area contributed by atoms with E-state index in [4.69, 9.17) is 5.73 Å². The highest BCUT2D eigenvalue weighted by Gasteiger charge is 2.07. The Bertz CT molecular complexity index is 572. The van der Waals surface area contributed by atoms with Crippen molar-refractivity contribution < 1.29 is 13.2 Å². The van der Waals surface area contributed by atoms with Gasteiger partial charge in [-0.05, 0) is 25.1 Å². The lowest BCUT2D eigenvalue weighted by molar-refractivity contribution is 0.0956. The zero-order valence-corrected chi connectivity index (χ0v) is 12.4. The van der Waals surface area contributed by atoms with Crippen molar-refractivity contribution >= 4 is 27.3 Å². The molecule has 1 aromatic carbocycles. The summed E-state index contributed by atoms with van der Waals surface area (Å²) in [6, 6.07) is 4.91. The molecule has 0 fully saturated rings. The molecule has 0 aliphatic heterocycles. The molecule has 20 heavy (non-hydrogen) atoms. The van der Waals surface area contributed by atoms with Gasteiger partial charge in [-0.1, -0.05) is 0 Å². The fraction of sp³-hybridized carbons (Fsp3) is 0.417. The molecule has 0 spiro atoms. The second kappa shape index (κ2) is 7.11. The predicted octanol–water partition coefficient (Wildman–Crippen LogP) is -0.0204. The number of amides is 1. The SMILES string of the molecule is CCNC(=O)c1ccc(N)c(NCCNS(C)(=O)=O)c1. The molecule has 0 aliphatic rings. The van der Waals surface area contributed by atoms with Crippen molar-refractivity contribution in [2.75, 3.05) is 36.9 Å². The Balaban J connectivity index is 2.65. The standard InChI is InChI=1S/C12H20N4O3S/c1-3-14-12(17)9-4-5-10(13)11(8-9)15-6-7-16-20(2,18)19/h4-5,8,15-16H,3,6-7,13H2,1-2H3,(H,14,17). The van der Waals surface area contributed by atoms with Crippen molar-refractivity contribution in [1.29, 1.82) is 0 Å². The molecule has 5 N–H and O–H groups in total. The highest BCUT2D eigenvalue weighted by molar-refractivity contribution is 7.88. The number of carbonyl (C=O) groups excluding carboxylic acids is 1. The van der Waals surface area contributed by atoms with E-state index in [1.54, 1.807) is 18.2 Å². The summed E-state index contributed by atoms with van der Waals surface area (Å²) in [4.78, 5) is 11.7.